The number of aromatic nitrogens is 2. The van der Waals surface area contributed by atoms with Crippen LogP contribution in [0.2, 0.25) is 0 Å². The number of anilines is 1. The molecule has 0 atom stereocenters. The summed E-state index contributed by atoms with van der Waals surface area (Å²) in [6.45, 7) is 1.46. The molecule has 1 N–H and O–H groups in total. The fraction of sp³-hybridized carbons (Fsp3) is 0.118. The van der Waals surface area contributed by atoms with E-state index in [2.05, 4.69) is 9.82 Å². The zero-order valence-electron chi connectivity index (χ0n) is 13.8. The van der Waals surface area contributed by atoms with Crippen molar-refractivity contribution in [1.29, 1.82) is 0 Å². The summed E-state index contributed by atoms with van der Waals surface area (Å²) >= 11 is 0. The van der Waals surface area contributed by atoms with Crippen molar-refractivity contribution in [1.82, 2.24) is 9.78 Å². The van der Waals surface area contributed by atoms with Crippen molar-refractivity contribution < 1.29 is 26.0 Å². The van der Waals surface area contributed by atoms with E-state index in [-0.39, 0.29) is 16.9 Å². The van der Waals surface area contributed by atoms with Crippen molar-refractivity contribution in [2.75, 3.05) is 4.72 Å². The Morgan fingerprint density at radius 3 is 2.44 bits per heavy atom. The monoisotopic (exact) mass is 399 g/mol. The second-order valence-electron chi connectivity index (χ2n) is 5.70. The molecule has 0 aliphatic heterocycles. The molecule has 0 aliphatic carbocycles. The summed E-state index contributed by atoms with van der Waals surface area (Å²) in [4.78, 5) is -0.408. The van der Waals surface area contributed by atoms with Gasteiger partial charge in [-0.1, -0.05) is 6.07 Å². The van der Waals surface area contributed by atoms with Gasteiger partial charge in [-0.15, -0.1) is 0 Å². The highest BCUT2D eigenvalue weighted by atomic mass is 32.2. The van der Waals surface area contributed by atoms with Gasteiger partial charge < -0.3 is 0 Å². The molecule has 1 aromatic heterocycles. The number of rotatable bonds is 4. The first-order valence-corrected chi connectivity index (χ1v) is 9.06. The molecule has 0 spiro atoms. The number of aryl methyl sites for hydroxylation is 1. The minimum absolute atomic E-state index is 0.0872. The third-order valence-electron chi connectivity index (χ3n) is 3.77. The Hall–Kier alpha value is -2.88. The first-order chi connectivity index (χ1) is 12.6. The van der Waals surface area contributed by atoms with Gasteiger partial charge in [0.2, 0.25) is 0 Å². The van der Waals surface area contributed by atoms with Gasteiger partial charge in [0.15, 0.2) is 0 Å². The predicted molar refractivity (Wildman–Crippen MR) is 90.5 cm³/mol. The lowest BCUT2D eigenvalue weighted by Crippen LogP contribution is -2.16. The van der Waals surface area contributed by atoms with Crippen molar-refractivity contribution in [2.24, 2.45) is 0 Å². The number of alkyl halides is 3. The van der Waals surface area contributed by atoms with Gasteiger partial charge in [-0.3, -0.25) is 4.72 Å². The molecule has 0 radical (unpaired) electrons. The van der Waals surface area contributed by atoms with Gasteiger partial charge in [0, 0.05) is 12.4 Å². The highest BCUT2D eigenvalue weighted by Crippen LogP contribution is 2.34. The second-order valence-corrected chi connectivity index (χ2v) is 7.38. The van der Waals surface area contributed by atoms with E-state index in [1.54, 1.807) is 0 Å². The number of benzene rings is 2. The number of halogens is 4. The first-order valence-electron chi connectivity index (χ1n) is 7.58. The van der Waals surface area contributed by atoms with E-state index in [4.69, 9.17) is 0 Å². The molecule has 0 unspecified atom stereocenters. The van der Waals surface area contributed by atoms with Crippen LogP contribution in [-0.2, 0) is 16.2 Å². The molecular weight excluding hydrogens is 386 g/mol. The van der Waals surface area contributed by atoms with Crippen LogP contribution in [-0.4, -0.2) is 18.2 Å². The predicted octanol–water partition coefficient (Wildman–Crippen LogP) is 4.14. The van der Waals surface area contributed by atoms with Crippen molar-refractivity contribution in [3.8, 4) is 5.69 Å². The Balaban J connectivity index is 2.09. The van der Waals surface area contributed by atoms with Crippen LogP contribution in [0.15, 0.2) is 59.8 Å². The number of hydrogen-bond donors (Lipinski definition) is 1. The van der Waals surface area contributed by atoms with Gasteiger partial charge in [-0.25, -0.2) is 17.5 Å². The van der Waals surface area contributed by atoms with Gasteiger partial charge in [-0.05, 0) is 48.9 Å². The normalized spacial score (nSPS) is 12.2. The third-order valence-corrected chi connectivity index (χ3v) is 5.14. The minimum Gasteiger partial charge on any atom is -0.277 e. The van der Waals surface area contributed by atoms with E-state index in [1.165, 1.54) is 42.2 Å². The van der Waals surface area contributed by atoms with Gasteiger partial charge in [-0.2, -0.15) is 18.3 Å². The molecule has 27 heavy (non-hydrogen) atoms. The maximum absolute atomic E-state index is 13.7. The quantitative estimate of drug-likeness (QED) is 0.671. The zero-order valence-corrected chi connectivity index (χ0v) is 14.6. The molecule has 0 fully saturated rings. The standard InChI is InChI=1S/C17H13F4N3O2S/c1-11-3-5-13(10-14(11)18)27(25,26)23-15-9-12(17(19,20)21)4-6-16(15)24-8-2-7-22-24/h2-10,23H,1H3. The van der Waals surface area contributed by atoms with Crippen LogP contribution >= 0.6 is 0 Å². The van der Waals surface area contributed by atoms with E-state index < -0.39 is 32.5 Å². The summed E-state index contributed by atoms with van der Waals surface area (Å²) in [6, 6.07) is 7.36. The number of hydrogen-bond acceptors (Lipinski definition) is 3. The van der Waals surface area contributed by atoms with Crippen LogP contribution in [0.3, 0.4) is 0 Å². The van der Waals surface area contributed by atoms with E-state index in [0.29, 0.717) is 6.07 Å². The lowest BCUT2D eigenvalue weighted by Gasteiger charge is -2.16. The third kappa shape index (κ3) is 3.95. The van der Waals surface area contributed by atoms with Gasteiger partial charge in [0.05, 0.1) is 21.8 Å². The maximum Gasteiger partial charge on any atom is 0.416 e. The summed E-state index contributed by atoms with van der Waals surface area (Å²) < 4.78 is 81.3. The van der Waals surface area contributed by atoms with Gasteiger partial charge in [0.25, 0.3) is 10.0 Å². The lowest BCUT2D eigenvalue weighted by molar-refractivity contribution is -0.137. The highest BCUT2D eigenvalue weighted by molar-refractivity contribution is 7.92. The smallest absolute Gasteiger partial charge is 0.277 e. The molecule has 10 heteroatoms. The molecule has 1 heterocycles. The molecule has 3 rings (SSSR count). The van der Waals surface area contributed by atoms with Crippen LogP contribution in [0.25, 0.3) is 5.69 Å². The summed E-state index contributed by atoms with van der Waals surface area (Å²) in [6.07, 6.45) is -1.82. The van der Waals surface area contributed by atoms with E-state index >= 15 is 0 Å². The number of nitrogens with zero attached hydrogens (tertiary/aromatic N) is 2. The van der Waals surface area contributed by atoms with Crippen molar-refractivity contribution >= 4 is 15.7 Å². The van der Waals surface area contributed by atoms with Gasteiger partial charge >= 0.3 is 6.18 Å². The van der Waals surface area contributed by atoms with Crippen LogP contribution in [0.5, 0.6) is 0 Å². The Morgan fingerprint density at radius 2 is 1.85 bits per heavy atom. The number of nitrogens with one attached hydrogen (secondary N) is 1. The van der Waals surface area contributed by atoms with E-state index in [0.717, 1.165) is 18.2 Å². The molecule has 5 nitrogen and oxygen atoms in total. The Morgan fingerprint density at radius 1 is 1.11 bits per heavy atom. The van der Waals surface area contributed by atoms with Crippen molar-refractivity contribution in [2.45, 2.75) is 18.0 Å². The molecule has 0 saturated heterocycles. The van der Waals surface area contributed by atoms with Crippen LogP contribution in [0.1, 0.15) is 11.1 Å². The Bertz CT molecular complexity index is 1080. The molecular formula is C17H13F4N3O2S. The molecule has 0 bridgehead atoms. The topological polar surface area (TPSA) is 64.0 Å². The fourth-order valence-corrected chi connectivity index (χ4v) is 3.43. The molecule has 3 aromatic rings. The summed E-state index contributed by atoms with van der Waals surface area (Å²) in [5.41, 5.74) is -1.05. The SMILES string of the molecule is Cc1ccc(S(=O)(=O)Nc2cc(C(F)(F)F)ccc2-n2cccn2)cc1F. The van der Waals surface area contributed by atoms with E-state index in [9.17, 15) is 26.0 Å². The van der Waals surface area contributed by atoms with Crippen LogP contribution < -0.4 is 4.72 Å². The maximum atomic E-state index is 13.7. The minimum atomic E-state index is -4.67. The average Bonchev–Trinajstić information content (AvgIpc) is 3.10. The van der Waals surface area contributed by atoms with Crippen molar-refractivity contribution in [3.05, 3.63) is 71.8 Å². The molecule has 2 aromatic carbocycles. The molecule has 0 amide bonds. The highest BCUT2D eigenvalue weighted by Gasteiger charge is 2.32. The molecule has 0 aliphatic rings. The summed E-state index contributed by atoms with van der Waals surface area (Å²) in [7, 11) is -4.33. The first kappa shape index (κ1) is 18.9. The van der Waals surface area contributed by atoms with Crippen LogP contribution in [0, 0.1) is 12.7 Å². The van der Waals surface area contributed by atoms with E-state index in [1.807, 2.05) is 0 Å². The second kappa shape index (κ2) is 6.69. The molecule has 0 saturated carbocycles. The Kier molecular flexibility index (Phi) is 4.68. The Labute approximate surface area is 152 Å². The molecule has 142 valence electrons. The fourth-order valence-electron chi connectivity index (χ4n) is 2.35. The zero-order chi connectivity index (χ0) is 19.8. The van der Waals surface area contributed by atoms with Crippen molar-refractivity contribution in [3.63, 3.8) is 0 Å². The van der Waals surface area contributed by atoms with Crippen LogP contribution in [0.4, 0.5) is 23.2 Å². The van der Waals surface area contributed by atoms with Gasteiger partial charge in [0.1, 0.15) is 5.82 Å². The summed E-state index contributed by atoms with van der Waals surface area (Å²) in [5.74, 6) is -0.741. The lowest BCUT2D eigenvalue weighted by atomic mass is 10.1. The average molecular weight is 399 g/mol. The summed E-state index contributed by atoms with van der Waals surface area (Å²) in [5, 5.41) is 3.91. The number of sulfonamides is 1. The largest absolute Gasteiger partial charge is 0.416 e.